The summed E-state index contributed by atoms with van der Waals surface area (Å²) in [5.41, 5.74) is 0.0994. The maximum atomic E-state index is 13.6. The number of benzene rings is 1. The molecule has 1 aromatic carbocycles. The zero-order valence-electron chi connectivity index (χ0n) is 17.6. The van der Waals surface area contributed by atoms with Gasteiger partial charge in [-0.15, -0.1) is 0 Å². The van der Waals surface area contributed by atoms with E-state index in [-0.39, 0.29) is 35.4 Å². The third-order valence-corrected chi connectivity index (χ3v) is 7.11. The summed E-state index contributed by atoms with van der Waals surface area (Å²) < 4.78 is 13.6. The van der Waals surface area contributed by atoms with Crippen LogP contribution in [0.1, 0.15) is 61.4 Å². The van der Waals surface area contributed by atoms with Gasteiger partial charge in [-0.3, -0.25) is 14.4 Å². The third kappa shape index (κ3) is 3.94. The molecule has 0 saturated heterocycles. The highest BCUT2D eigenvalue weighted by Crippen LogP contribution is 2.61. The SMILES string of the molecule is CC(=O)NC12C[C@H]3C[C@@H](C1)CC(C(=O)NCCNC(=O)c1ccc(C)c(F)c1)(C3)C2. The van der Waals surface area contributed by atoms with Crippen LogP contribution in [0, 0.1) is 30.0 Å². The van der Waals surface area contributed by atoms with Gasteiger partial charge in [0, 0.05) is 31.1 Å². The molecule has 1 aromatic rings. The molecule has 7 heteroatoms. The Hall–Kier alpha value is -2.44. The molecule has 0 radical (unpaired) electrons. The quantitative estimate of drug-likeness (QED) is 0.624. The molecular weight excluding hydrogens is 385 g/mol. The van der Waals surface area contributed by atoms with Crippen LogP contribution in [0.15, 0.2) is 18.2 Å². The maximum absolute atomic E-state index is 13.6. The van der Waals surface area contributed by atoms with E-state index in [1.165, 1.54) is 6.07 Å². The van der Waals surface area contributed by atoms with E-state index in [0.29, 0.717) is 30.4 Å². The highest BCUT2D eigenvalue weighted by atomic mass is 19.1. The Labute approximate surface area is 176 Å². The third-order valence-electron chi connectivity index (χ3n) is 7.11. The summed E-state index contributed by atoms with van der Waals surface area (Å²) >= 11 is 0. The van der Waals surface area contributed by atoms with E-state index >= 15 is 0 Å². The first-order valence-electron chi connectivity index (χ1n) is 10.8. The van der Waals surface area contributed by atoms with E-state index < -0.39 is 11.2 Å². The fourth-order valence-electron chi connectivity index (χ4n) is 6.42. The molecule has 3 N–H and O–H groups in total. The molecule has 6 nitrogen and oxygen atoms in total. The van der Waals surface area contributed by atoms with Gasteiger partial charge in [0.2, 0.25) is 11.8 Å². The van der Waals surface area contributed by atoms with E-state index in [9.17, 15) is 18.8 Å². The lowest BCUT2D eigenvalue weighted by molar-refractivity contribution is -0.153. The summed E-state index contributed by atoms with van der Waals surface area (Å²) in [4.78, 5) is 37.1. The number of carbonyl (C=O) groups is 3. The number of nitrogens with one attached hydrogen (secondary N) is 3. The number of halogens is 1. The average molecular weight is 416 g/mol. The normalized spacial score (nSPS) is 31.3. The molecule has 162 valence electrons. The monoisotopic (exact) mass is 415 g/mol. The average Bonchev–Trinajstić information content (AvgIpc) is 2.64. The second kappa shape index (κ2) is 7.67. The van der Waals surface area contributed by atoms with Crippen LogP contribution in [0.5, 0.6) is 0 Å². The first-order chi connectivity index (χ1) is 14.2. The Morgan fingerprint density at radius 1 is 1.07 bits per heavy atom. The van der Waals surface area contributed by atoms with E-state index in [1.54, 1.807) is 26.0 Å². The van der Waals surface area contributed by atoms with Gasteiger partial charge in [-0.25, -0.2) is 4.39 Å². The molecule has 4 aliphatic rings. The Balaban J connectivity index is 1.32. The van der Waals surface area contributed by atoms with Crippen molar-refractivity contribution in [3.05, 3.63) is 35.1 Å². The fraction of sp³-hybridized carbons (Fsp3) is 0.609. The van der Waals surface area contributed by atoms with Crippen molar-refractivity contribution < 1.29 is 18.8 Å². The minimum atomic E-state index is -0.420. The molecule has 3 amide bonds. The lowest BCUT2D eigenvalue weighted by atomic mass is 9.46. The van der Waals surface area contributed by atoms with Crippen molar-refractivity contribution in [1.82, 2.24) is 16.0 Å². The van der Waals surface area contributed by atoms with Gasteiger partial charge in [-0.05, 0) is 75.0 Å². The summed E-state index contributed by atoms with van der Waals surface area (Å²) in [5.74, 6) is 0.207. The van der Waals surface area contributed by atoms with Crippen LogP contribution in [0.3, 0.4) is 0 Å². The van der Waals surface area contributed by atoms with Crippen LogP contribution < -0.4 is 16.0 Å². The molecule has 0 aliphatic heterocycles. The van der Waals surface area contributed by atoms with Crippen molar-refractivity contribution in [2.45, 2.75) is 57.9 Å². The smallest absolute Gasteiger partial charge is 0.251 e. The lowest BCUT2D eigenvalue weighted by Crippen LogP contribution is -2.65. The van der Waals surface area contributed by atoms with Crippen molar-refractivity contribution in [3.8, 4) is 0 Å². The van der Waals surface area contributed by atoms with Crippen molar-refractivity contribution >= 4 is 17.7 Å². The predicted molar refractivity (Wildman–Crippen MR) is 110 cm³/mol. The van der Waals surface area contributed by atoms with Gasteiger partial charge in [-0.2, -0.15) is 0 Å². The molecule has 0 heterocycles. The summed E-state index contributed by atoms with van der Waals surface area (Å²) in [7, 11) is 0. The second-order valence-corrected chi connectivity index (χ2v) is 9.68. The number of hydrogen-bond acceptors (Lipinski definition) is 3. The number of rotatable bonds is 6. The number of amides is 3. The minimum absolute atomic E-state index is 0.0252. The van der Waals surface area contributed by atoms with Crippen LogP contribution in [-0.4, -0.2) is 36.3 Å². The van der Waals surface area contributed by atoms with Crippen LogP contribution in [0.4, 0.5) is 4.39 Å². The van der Waals surface area contributed by atoms with Crippen molar-refractivity contribution in [1.29, 1.82) is 0 Å². The molecule has 30 heavy (non-hydrogen) atoms. The van der Waals surface area contributed by atoms with Crippen LogP contribution in [0.2, 0.25) is 0 Å². The van der Waals surface area contributed by atoms with E-state index in [2.05, 4.69) is 16.0 Å². The minimum Gasteiger partial charge on any atom is -0.354 e. The largest absolute Gasteiger partial charge is 0.354 e. The molecule has 2 unspecified atom stereocenters. The van der Waals surface area contributed by atoms with Gasteiger partial charge in [0.1, 0.15) is 5.82 Å². The summed E-state index contributed by atoms with van der Waals surface area (Å²) in [5, 5.41) is 8.90. The number of aryl methyl sites for hydroxylation is 1. The van der Waals surface area contributed by atoms with Crippen molar-refractivity contribution in [2.24, 2.45) is 17.3 Å². The first-order valence-corrected chi connectivity index (χ1v) is 10.8. The van der Waals surface area contributed by atoms with Gasteiger partial charge in [0.25, 0.3) is 5.91 Å². The highest BCUT2D eigenvalue weighted by molar-refractivity contribution is 5.94. The number of hydrogen-bond donors (Lipinski definition) is 3. The molecule has 4 saturated carbocycles. The highest BCUT2D eigenvalue weighted by Gasteiger charge is 2.60. The molecule has 0 aromatic heterocycles. The summed E-state index contributed by atoms with van der Waals surface area (Å²) in [6.07, 6.45) is 5.56. The Kier molecular flexibility index (Phi) is 5.32. The Morgan fingerprint density at radius 2 is 1.73 bits per heavy atom. The van der Waals surface area contributed by atoms with Crippen LogP contribution in [0.25, 0.3) is 0 Å². The lowest BCUT2D eigenvalue weighted by Gasteiger charge is -2.61. The van der Waals surface area contributed by atoms with Gasteiger partial charge < -0.3 is 16.0 Å². The van der Waals surface area contributed by atoms with Gasteiger partial charge in [-0.1, -0.05) is 6.07 Å². The molecule has 4 atom stereocenters. The zero-order valence-corrected chi connectivity index (χ0v) is 17.6. The second-order valence-electron chi connectivity index (χ2n) is 9.68. The molecule has 0 spiro atoms. The molecular formula is C23H30FN3O3. The topological polar surface area (TPSA) is 87.3 Å². The first kappa shape index (κ1) is 20.8. The van der Waals surface area contributed by atoms with Gasteiger partial charge in [0.15, 0.2) is 0 Å². The van der Waals surface area contributed by atoms with E-state index in [0.717, 1.165) is 32.1 Å². The maximum Gasteiger partial charge on any atom is 0.251 e. The van der Waals surface area contributed by atoms with E-state index in [1.807, 2.05) is 0 Å². The van der Waals surface area contributed by atoms with Crippen molar-refractivity contribution in [2.75, 3.05) is 13.1 Å². The zero-order chi connectivity index (χ0) is 21.5. The van der Waals surface area contributed by atoms with Crippen LogP contribution >= 0.6 is 0 Å². The van der Waals surface area contributed by atoms with Gasteiger partial charge in [0.05, 0.1) is 5.41 Å². The summed E-state index contributed by atoms with van der Waals surface area (Å²) in [6.45, 7) is 3.80. The number of carbonyl (C=O) groups excluding carboxylic acids is 3. The fourth-order valence-corrected chi connectivity index (χ4v) is 6.42. The van der Waals surface area contributed by atoms with E-state index in [4.69, 9.17) is 0 Å². The Bertz CT molecular complexity index is 870. The molecule has 5 rings (SSSR count). The predicted octanol–water partition coefficient (Wildman–Crippen LogP) is 2.46. The van der Waals surface area contributed by atoms with Crippen molar-refractivity contribution in [3.63, 3.8) is 0 Å². The molecule has 4 fully saturated rings. The molecule has 4 bridgehead atoms. The molecule has 4 aliphatic carbocycles. The summed E-state index contributed by atoms with van der Waals surface area (Å²) in [6, 6.07) is 4.38. The van der Waals surface area contributed by atoms with Gasteiger partial charge >= 0.3 is 0 Å². The standard InChI is InChI=1S/C23H30FN3O3/c1-14-3-4-18(8-19(14)24)20(29)25-5-6-26-21(30)22-9-16-7-17(10-22)12-23(11-16,13-22)27-15(2)28/h3-4,8,16-17H,5-7,9-13H2,1-2H3,(H,25,29)(H,26,30)(H,27,28)/t16-,17+,22?,23?. The van der Waals surface area contributed by atoms with Crippen LogP contribution in [-0.2, 0) is 9.59 Å². The Morgan fingerprint density at radius 3 is 2.37 bits per heavy atom.